The number of para-hydroxylation sites is 2. The van der Waals surface area contributed by atoms with Crippen LogP contribution in [-0.2, 0) is 10.0 Å². The van der Waals surface area contributed by atoms with E-state index in [2.05, 4.69) is 14.0 Å². The molecule has 4 aromatic rings. The van der Waals surface area contributed by atoms with Crippen molar-refractivity contribution in [3.8, 4) is 5.75 Å². The highest BCUT2D eigenvalue weighted by molar-refractivity contribution is 7.89. The number of sulfonamides is 1. The Morgan fingerprint density at radius 3 is 2.03 bits per heavy atom. The summed E-state index contributed by atoms with van der Waals surface area (Å²) >= 11 is 0. The van der Waals surface area contributed by atoms with Gasteiger partial charge >= 0.3 is 6.36 Å². The Morgan fingerprint density at radius 1 is 0.917 bits per heavy atom. The number of hydrogen-bond donors (Lipinski definition) is 2. The van der Waals surface area contributed by atoms with Gasteiger partial charge in [0.15, 0.2) is 0 Å². The average molecular weight is 520 g/mol. The zero-order chi connectivity index (χ0) is 25.7. The molecule has 3 atom stereocenters. The van der Waals surface area contributed by atoms with E-state index in [-0.39, 0.29) is 11.4 Å². The van der Waals surface area contributed by atoms with Gasteiger partial charge in [0, 0.05) is 34.9 Å². The molecule has 2 heterocycles. The second kappa shape index (κ2) is 9.07. The van der Waals surface area contributed by atoms with Crippen molar-refractivity contribution in [1.82, 2.24) is 14.2 Å². The second-order valence-electron chi connectivity index (χ2n) is 8.93. The number of nitrogens with one attached hydrogen (secondary N) is 1. The zero-order valence-corrected chi connectivity index (χ0v) is 20.0. The predicted molar refractivity (Wildman–Crippen MR) is 129 cm³/mol. The number of fused-ring (bicyclic) bond motifs is 3. The van der Waals surface area contributed by atoms with Gasteiger partial charge in [-0.2, -0.15) is 0 Å². The summed E-state index contributed by atoms with van der Waals surface area (Å²) in [5.41, 5.74) is 1.86. The average Bonchev–Trinajstić information content (AvgIpc) is 3.15. The number of rotatable bonds is 5. The molecule has 1 aliphatic heterocycles. The first-order valence-corrected chi connectivity index (χ1v) is 12.7. The highest BCUT2D eigenvalue weighted by atomic mass is 32.2. The third-order valence-electron chi connectivity index (χ3n) is 6.44. The van der Waals surface area contributed by atoms with Crippen LogP contribution in [0.5, 0.6) is 5.75 Å². The van der Waals surface area contributed by atoms with E-state index < -0.39 is 40.3 Å². The SMILES string of the molecule is CN1C[C@@H](NS(=O)(=O)c2ccc(OC(F)(F)F)cc2)[C@H](O)[C@@H](n2c3ccccc3c3ccccc32)C1. The minimum atomic E-state index is -4.88. The van der Waals surface area contributed by atoms with Gasteiger partial charge in [-0.15, -0.1) is 13.2 Å². The molecule has 11 heteroatoms. The molecule has 0 aliphatic carbocycles. The van der Waals surface area contributed by atoms with Crippen LogP contribution in [0.2, 0.25) is 0 Å². The molecule has 1 saturated heterocycles. The van der Waals surface area contributed by atoms with Crippen molar-refractivity contribution >= 4 is 31.8 Å². The van der Waals surface area contributed by atoms with Gasteiger partial charge in [-0.1, -0.05) is 36.4 Å². The number of alkyl halides is 3. The smallest absolute Gasteiger partial charge is 0.406 e. The molecule has 0 amide bonds. The van der Waals surface area contributed by atoms with Crippen LogP contribution in [0, 0.1) is 0 Å². The molecular weight excluding hydrogens is 495 g/mol. The third-order valence-corrected chi connectivity index (χ3v) is 7.94. The molecule has 0 bridgehead atoms. The van der Waals surface area contributed by atoms with Gasteiger partial charge in [-0.05, 0) is 43.4 Å². The number of halogens is 3. The Labute approximate surface area is 205 Å². The van der Waals surface area contributed by atoms with Crippen molar-refractivity contribution < 1.29 is 31.4 Å². The van der Waals surface area contributed by atoms with Gasteiger partial charge < -0.3 is 19.3 Å². The van der Waals surface area contributed by atoms with Crippen LogP contribution in [0.4, 0.5) is 13.2 Å². The van der Waals surface area contributed by atoms with Gasteiger partial charge in [0.1, 0.15) is 5.75 Å². The Balaban J connectivity index is 1.45. The number of ether oxygens (including phenoxy) is 1. The van der Waals surface area contributed by atoms with Gasteiger partial charge in [0.05, 0.1) is 23.1 Å². The van der Waals surface area contributed by atoms with E-state index in [9.17, 15) is 26.7 Å². The van der Waals surface area contributed by atoms with E-state index >= 15 is 0 Å². The first kappa shape index (κ1) is 24.6. The number of nitrogens with zero attached hydrogens (tertiary/aromatic N) is 2. The van der Waals surface area contributed by atoms with Gasteiger partial charge in [-0.3, -0.25) is 0 Å². The van der Waals surface area contributed by atoms with E-state index in [4.69, 9.17) is 0 Å². The van der Waals surface area contributed by atoms with Crippen LogP contribution >= 0.6 is 0 Å². The number of aliphatic hydroxyl groups excluding tert-OH is 1. The van der Waals surface area contributed by atoms with E-state index in [1.165, 1.54) is 0 Å². The normalized spacial score (nSPS) is 21.8. The van der Waals surface area contributed by atoms with E-state index in [0.717, 1.165) is 46.1 Å². The molecule has 36 heavy (non-hydrogen) atoms. The molecule has 0 radical (unpaired) electrons. The largest absolute Gasteiger partial charge is 0.573 e. The summed E-state index contributed by atoms with van der Waals surface area (Å²) in [6.45, 7) is 0.745. The third kappa shape index (κ3) is 4.66. The number of aromatic nitrogens is 1. The van der Waals surface area contributed by atoms with Crippen molar-refractivity contribution in [1.29, 1.82) is 0 Å². The number of likely N-dealkylation sites (N-methyl/N-ethyl adjacent to an activating group) is 1. The standard InChI is InChI=1S/C25H24F3N3O4S/c1-30-14-20(29-36(33,34)17-12-10-16(11-13-17)35-25(26,27)28)24(32)23(15-30)31-21-8-4-2-6-18(21)19-7-3-5-9-22(19)31/h2-13,20,23-24,29,32H,14-15H2,1H3/t20-,23+,24+/m1/s1. The van der Waals surface area contributed by atoms with E-state index in [1.54, 1.807) is 0 Å². The molecular formula is C25H24F3N3O4S. The maximum atomic E-state index is 13.1. The maximum absolute atomic E-state index is 13.1. The number of piperidine rings is 1. The zero-order valence-electron chi connectivity index (χ0n) is 19.2. The minimum Gasteiger partial charge on any atom is -0.406 e. The van der Waals surface area contributed by atoms with Crippen LogP contribution in [0.15, 0.2) is 77.7 Å². The quantitative estimate of drug-likeness (QED) is 0.418. The summed E-state index contributed by atoms with van der Waals surface area (Å²) in [4.78, 5) is 1.71. The summed E-state index contributed by atoms with van der Waals surface area (Å²) in [7, 11) is -2.29. The van der Waals surface area contributed by atoms with Crippen molar-refractivity contribution in [3.63, 3.8) is 0 Å². The summed E-state index contributed by atoms with van der Waals surface area (Å²) in [6.07, 6.45) is -5.94. The molecule has 3 aromatic carbocycles. The molecule has 7 nitrogen and oxygen atoms in total. The van der Waals surface area contributed by atoms with Crippen LogP contribution < -0.4 is 9.46 Å². The lowest BCUT2D eigenvalue weighted by molar-refractivity contribution is -0.274. The molecule has 2 N–H and O–H groups in total. The molecule has 0 unspecified atom stereocenters. The molecule has 1 aliphatic rings. The highest BCUT2D eigenvalue weighted by Gasteiger charge is 2.39. The number of aliphatic hydroxyl groups is 1. The summed E-state index contributed by atoms with van der Waals surface area (Å²) in [6, 6.07) is 18.3. The monoisotopic (exact) mass is 519 g/mol. The fourth-order valence-electron chi connectivity index (χ4n) is 4.95. The number of benzene rings is 3. The lowest BCUT2D eigenvalue weighted by Crippen LogP contribution is -2.58. The van der Waals surface area contributed by atoms with Gasteiger partial charge in [-0.25, -0.2) is 13.1 Å². The number of hydrogen-bond acceptors (Lipinski definition) is 5. The predicted octanol–water partition coefficient (Wildman–Crippen LogP) is 3.89. The fraction of sp³-hybridized carbons (Fsp3) is 0.280. The van der Waals surface area contributed by atoms with E-state index in [0.29, 0.717) is 6.54 Å². The minimum absolute atomic E-state index is 0.231. The molecule has 0 saturated carbocycles. The summed E-state index contributed by atoms with van der Waals surface area (Å²) < 4.78 is 71.8. The van der Waals surface area contributed by atoms with Crippen molar-refractivity contribution in [2.75, 3.05) is 20.1 Å². The van der Waals surface area contributed by atoms with Crippen LogP contribution in [-0.4, -0.2) is 61.6 Å². The molecule has 5 rings (SSSR count). The van der Waals surface area contributed by atoms with Crippen LogP contribution in [0.25, 0.3) is 21.8 Å². The molecule has 190 valence electrons. The summed E-state index contributed by atoms with van der Waals surface area (Å²) in [5.74, 6) is -0.523. The van der Waals surface area contributed by atoms with Crippen LogP contribution in [0.3, 0.4) is 0 Å². The Hall–Kier alpha value is -3.12. The van der Waals surface area contributed by atoms with Crippen LogP contribution in [0.1, 0.15) is 6.04 Å². The van der Waals surface area contributed by atoms with Gasteiger partial charge in [0.25, 0.3) is 0 Å². The van der Waals surface area contributed by atoms with E-state index in [1.807, 2.05) is 60.5 Å². The Morgan fingerprint density at radius 2 is 1.47 bits per heavy atom. The fourth-order valence-corrected chi connectivity index (χ4v) is 6.20. The van der Waals surface area contributed by atoms with Crippen molar-refractivity contribution in [2.24, 2.45) is 0 Å². The molecule has 1 fully saturated rings. The first-order valence-electron chi connectivity index (χ1n) is 11.3. The van der Waals surface area contributed by atoms with Crippen molar-refractivity contribution in [3.05, 3.63) is 72.8 Å². The second-order valence-corrected chi connectivity index (χ2v) is 10.6. The van der Waals surface area contributed by atoms with Crippen molar-refractivity contribution in [2.45, 2.75) is 29.4 Å². The Bertz CT molecular complexity index is 1450. The molecule has 1 aromatic heterocycles. The maximum Gasteiger partial charge on any atom is 0.573 e. The lowest BCUT2D eigenvalue weighted by atomic mass is 9.97. The summed E-state index contributed by atoms with van der Waals surface area (Å²) in [5, 5.41) is 13.5. The number of likely N-dealkylation sites (tertiary alicyclic amines) is 1. The first-order chi connectivity index (χ1) is 17.0. The van der Waals surface area contributed by atoms with Gasteiger partial charge in [0.2, 0.25) is 10.0 Å². The molecule has 0 spiro atoms. The highest BCUT2D eigenvalue weighted by Crippen LogP contribution is 2.35. The lowest BCUT2D eigenvalue weighted by Gasteiger charge is -2.41. The topological polar surface area (TPSA) is 83.8 Å². The Kier molecular flexibility index (Phi) is 6.19.